The SMILES string of the molecule is CCNc1ncc2c(n1)-c1ncsc1C2. The van der Waals surface area contributed by atoms with Crippen LogP contribution in [0.3, 0.4) is 0 Å². The molecule has 1 aliphatic rings. The van der Waals surface area contributed by atoms with Gasteiger partial charge >= 0.3 is 0 Å². The van der Waals surface area contributed by atoms with E-state index >= 15 is 0 Å². The summed E-state index contributed by atoms with van der Waals surface area (Å²) >= 11 is 1.69. The molecular formula is C10H10N4S. The summed E-state index contributed by atoms with van der Waals surface area (Å²) in [6.07, 6.45) is 2.83. The Kier molecular flexibility index (Phi) is 1.92. The Morgan fingerprint density at radius 2 is 2.33 bits per heavy atom. The Labute approximate surface area is 91.4 Å². The van der Waals surface area contributed by atoms with E-state index in [1.54, 1.807) is 11.3 Å². The molecule has 0 saturated heterocycles. The number of anilines is 1. The summed E-state index contributed by atoms with van der Waals surface area (Å²) in [5, 5.41) is 3.11. The molecule has 0 saturated carbocycles. The Morgan fingerprint density at radius 3 is 3.20 bits per heavy atom. The first-order valence-corrected chi connectivity index (χ1v) is 5.79. The highest BCUT2D eigenvalue weighted by atomic mass is 32.1. The van der Waals surface area contributed by atoms with Crippen molar-refractivity contribution in [1.29, 1.82) is 0 Å². The van der Waals surface area contributed by atoms with Crippen molar-refractivity contribution in [2.24, 2.45) is 0 Å². The van der Waals surface area contributed by atoms with Crippen LogP contribution in [0, 0.1) is 0 Å². The van der Waals surface area contributed by atoms with E-state index in [1.165, 1.54) is 10.4 Å². The van der Waals surface area contributed by atoms with Gasteiger partial charge in [-0.3, -0.25) is 0 Å². The smallest absolute Gasteiger partial charge is 0.223 e. The van der Waals surface area contributed by atoms with Crippen LogP contribution in [0.25, 0.3) is 11.4 Å². The van der Waals surface area contributed by atoms with Crippen LogP contribution in [0.4, 0.5) is 5.95 Å². The summed E-state index contributed by atoms with van der Waals surface area (Å²) in [4.78, 5) is 14.4. The molecule has 4 nitrogen and oxygen atoms in total. The number of thiazole rings is 1. The van der Waals surface area contributed by atoms with E-state index in [4.69, 9.17) is 0 Å². The number of rotatable bonds is 2. The van der Waals surface area contributed by atoms with Gasteiger partial charge in [0.2, 0.25) is 5.95 Å². The summed E-state index contributed by atoms with van der Waals surface area (Å²) < 4.78 is 0. The summed E-state index contributed by atoms with van der Waals surface area (Å²) in [5.41, 5.74) is 5.10. The zero-order valence-corrected chi connectivity index (χ0v) is 9.14. The quantitative estimate of drug-likeness (QED) is 0.714. The van der Waals surface area contributed by atoms with Crippen LogP contribution in [-0.4, -0.2) is 21.5 Å². The van der Waals surface area contributed by atoms with Gasteiger partial charge in [0.1, 0.15) is 5.69 Å². The van der Waals surface area contributed by atoms with Gasteiger partial charge in [-0.25, -0.2) is 15.0 Å². The van der Waals surface area contributed by atoms with E-state index in [0.717, 1.165) is 24.4 Å². The molecule has 1 N–H and O–H groups in total. The van der Waals surface area contributed by atoms with E-state index in [9.17, 15) is 0 Å². The minimum Gasteiger partial charge on any atom is -0.354 e. The van der Waals surface area contributed by atoms with Crippen molar-refractivity contribution < 1.29 is 0 Å². The monoisotopic (exact) mass is 218 g/mol. The topological polar surface area (TPSA) is 50.7 Å². The molecule has 0 aliphatic heterocycles. The maximum absolute atomic E-state index is 4.48. The van der Waals surface area contributed by atoms with Crippen LogP contribution in [0.2, 0.25) is 0 Å². The maximum Gasteiger partial charge on any atom is 0.223 e. The molecule has 0 atom stereocenters. The molecule has 2 heterocycles. The van der Waals surface area contributed by atoms with Gasteiger partial charge in [0.15, 0.2) is 0 Å². The van der Waals surface area contributed by atoms with Gasteiger partial charge in [0.25, 0.3) is 0 Å². The lowest BCUT2D eigenvalue weighted by molar-refractivity contribution is 1.07. The van der Waals surface area contributed by atoms with Crippen molar-refractivity contribution in [2.75, 3.05) is 11.9 Å². The molecule has 2 aromatic rings. The molecule has 0 radical (unpaired) electrons. The summed E-state index contributed by atoms with van der Waals surface area (Å²) in [7, 11) is 0. The Balaban J connectivity index is 2.10. The zero-order valence-electron chi connectivity index (χ0n) is 8.32. The van der Waals surface area contributed by atoms with E-state index in [2.05, 4.69) is 20.3 Å². The molecule has 76 valence electrons. The molecule has 0 unspecified atom stereocenters. The highest BCUT2D eigenvalue weighted by Gasteiger charge is 2.23. The normalized spacial score (nSPS) is 12.3. The number of aromatic nitrogens is 3. The van der Waals surface area contributed by atoms with Gasteiger partial charge in [-0.15, -0.1) is 11.3 Å². The van der Waals surface area contributed by atoms with Gasteiger partial charge in [0, 0.05) is 29.6 Å². The predicted octanol–water partition coefficient (Wildman–Crippen LogP) is 1.94. The lowest BCUT2D eigenvalue weighted by atomic mass is 10.2. The van der Waals surface area contributed by atoms with Crippen molar-refractivity contribution in [3.05, 3.63) is 22.1 Å². The molecule has 3 rings (SSSR count). The summed E-state index contributed by atoms with van der Waals surface area (Å²) in [6, 6.07) is 0. The van der Waals surface area contributed by atoms with Gasteiger partial charge < -0.3 is 5.32 Å². The van der Waals surface area contributed by atoms with Crippen molar-refractivity contribution >= 4 is 17.3 Å². The van der Waals surface area contributed by atoms with Crippen LogP contribution in [0.1, 0.15) is 17.4 Å². The molecular weight excluding hydrogens is 208 g/mol. The van der Waals surface area contributed by atoms with Gasteiger partial charge in [0.05, 0.1) is 11.2 Å². The highest BCUT2D eigenvalue weighted by Crippen LogP contribution is 2.36. The van der Waals surface area contributed by atoms with E-state index in [0.29, 0.717) is 5.95 Å². The molecule has 1 aliphatic carbocycles. The number of nitrogens with zero attached hydrogens (tertiary/aromatic N) is 3. The average molecular weight is 218 g/mol. The minimum absolute atomic E-state index is 0.692. The van der Waals surface area contributed by atoms with Crippen molar-refractivity contribution in [3.8, 4) is 11.4 Å². The second-order valence-electron chi connectivity index (χ2n) is 3.40. The fourth-order valence-corrected chi connectivity index (χ4v) is 2.53. The molecule has 2 aromatic heterocycles. The second-order valence-corrected chi connectivity index (χ2v) is 4.34. The van der Waals surface area contributed by atoms with Crippen LogP contribution in [-0.2, 0) is 6.42 Å². The lowest BCUT2D eigenvalue weighted by Gasteiger charge is -2.03. The summed E-state index contributed by atoms with van der Waals surface area (Å²) in [6.45, 7) is 2.87. The Hall–Kier alpha value is -1.49. The molecule has 15 heavy (non-hydrogen) atoms. The third kappa shape index (κ3) is 1.31. The number of nitrogens with one attached hydrogen (secondary N) is 1. The lowest BCUT2D eigenvalue weighted by Crippen LogP contribution is -2.03. The predicted molar refractivity (Wildman–Crippen MR) is 60.1 cm³/mol. The van der Waals surface area contributed by atoms with Crippen LogP contribution in [0.15, 0.2) is 11.7 Å². The van der Waals surface area contributed by atoms with Gasteiger partial charge in [-0.2, -0.15) is 0 Å². The van der Waals surface area contributed by atoms with Crippen molar-refractivity contribution in [2.45, 2.75) is 13.3 Å². The van der Waals surface area contributed by atoms with E-state index in [-0.39, 0.29) is 0 Å². The van der Waals surface area contributed by atoms with Crippen molar-refractivity contribution in [3.63, 3.8) is 0 Å². The molecule has 5 heteroatoms. The molecule has 0 spiro atoms. The maximum atomic E-state index is 4.48. The molecule has 0 amide bonds. The third-order valence-electron chi connectivity index (χ3n) is 2.42. The Morgan fingerprint density at radius 1 is 1.40 bits per heavy atom. The molecule has 0 aromatic carbocycles. The second kappa shape index (κ2) is 3.27. The summed E-state index contributed by atoms with van der Waals surface area (Å²) in [5.74, 6) is 0.692. The number of hydrogen-bond donors (Lipinski definition) is 1. The minimum atomic E-state index is 0.692. The van der Waals surface area contributed by atoms with E-state index < -0.39 is 0 Å². The Bertz CT molecular complexity index is 506. The first kappa shape index (κ1) is 8.79. The standard InChI is InChI=1S/C10H10N4S/c1-2-11-10-12-4-6-3-7-9(8(6)14-10)13-5-15-7/h4-5H,2-3H2,1H3,(H,11,12,14). The first-order valence-electron chi connectivity index (χ1n) is 4.91. The fourth-order valence-electron chi connectivity index (χ4n) is 1.75. The number of fused-ring (bicyclic) bond motifs is 3. The zero-order chi connectivity index (χ0) is 10.3. The van der Waals surface area contributed by atoms with Crippen LogP contribution < -0.4 is 5.32 Å². The van der Waals surface area contributed by atoms with E-state index in [1.807, 2.05) is 18.6 Å². The first-order chi connectivity index (χ1) is 7.38. The van der Waals surface area contributed by atoms with Crippen LogP contribution >= 0.6 is 11.3 Å². The fraction of sp³-hybridized carbons (Fsp3) is 0.300. The third-order valence-corrected chi connectivity index (χ3v) is 3.25. The van der Waals surface area contributed by atoms with Gasteiger partial charge in [-0.1, -0.05) is 0 Å². The average Bonchev–Trinajstić information content (AvgIpc) is 2.78. The highest BCUT2D eigenvalue weighted by molar-refractivity contribution is 7.10. The van der Waals surface area contributed by atoms with Crippen molar-refractivity contribution in [1.82, 2.24) is 15.0 Å². The number of hydrogen-bond acceptors (Lipinski definition) is 5. The van der Waals surface area contributed by atoms with Crippen LogP contribution in [0.5, 0.6) is 0 Å². The molecule has 0 fully saturated rings. The van der Waals surface area contributed by atoms with Gasteiger partial charge in [-0.05, 0) is 6.92 Å². The largest absolute Gasteiger partial charge is 0.354 e. The molecule has 0 bridgehead atoms.